The van der Waals surface area contributed by atoms with E-state index < -0.39 is 0 Å². The molecule has 1 heterocycles. The van der Waals surface area contributed by atoms with E-state index in [0.29, 0.717) is 0 Å². The van der Waals surface area contributed by atoms with Gasteiger partial charge in [-0.25, -0.2) is 9.37 Å². The quantitative estimate of drug-likeness (QED) is 0.790. The van der Waals surface area contributed by atoms with Gasteiger partial charge >= 0.3 is 0 Å². The zero-order chi connectivity index (χ0) is 11.5. The Bertz CT molecular complexity index is 490. The minimum absolute atomic E-state index is 0.161. The second kappa shape index (κ2) is 4.74. The lowest BCUT2D eigenvalue weighted by molar-refractivity contribution is 0.625. The summed E-state index contributed by atoms with van der Waals surface area (Å²) in [7, 11) is 0. The van der Waals surface area contributed by atoms with Crippen molar-refractivity contribution in [3.63, 3.8) is 0 Å². The summed E-state index contributed by atoms with van der Waals surface area (Å²) < 4.78 is 12.9. The molecule has 0 saturated heterocycles. The largest absolute Gasteiger partial charge is 0.247 e. The molecule has 0 atom stereocenters. The molecule has 0 fully saturated rings. The minimum atomic E-state index is -0.161. The third-order valence-electron chi connectivity index (χ3n) is 2.62. The van der Waals surface area contributed by atoms with Crippen molar-refractivity contribution in [2.24, 2.45) is 0 Å². The average molecular weight is 235 g/mol. The highest BCUT2D eigenvalue weighted by atomic mass is 32.1. The third kappa shape index (κ3) is 2.67. The number of aromatic nitrogens is 1. The summed E-state index contributed by atoms with van der Waals surface area (Å²) in [5.41, 5.74) is 3.35. The van der Waals surface area contributed by atoms with E-state index in [1.165, 1.54) is 11.6 Å². The predicted octanol–water partition coefficient (Wildman–Crippen LogP) is 3.68. The first-order valence-corrected chi connectivity index (χ1v) is 6.19. The molecule has 2 rings (SSSR count). The van der Waals surface area contributed by atoms with Gasteiger partial charge in [-0.05, 0) is 49.9 Å². The van der Waals surface area contributed by atoms with Crippen molar-refractivity contribution in [2.45, 2.75) is 26.7 Å². The molecule has 0 N–H and O–H groups in total. The van der Waals surface area contributed by atoms with Crippen LogP contribution >= 0.6 is 11.3 Å². The standard InChI is InChI=1S/C13H14FNS/c1-9-7-12(14)5-3-11(9)4-6-13-8-16-10(2)15-13/h3,5,7-8H,4,6H2,1-2H3. The van der Waals surface area contributed by atoms with E-state index in [9.17, 15) is 4.39 Å². The molecule has 1 aromatic carbocycles. The van der Waals surface area contributed by atoms with Gasteiger partial charge in [-0.2, -0.15) is 0 Å². The fourth-order valence-electron chi connectivity index (χ4n) is 1.73. The van der Waals surface area contributed by atoms with Gasteiger partial charge in [-0.1, -0.05) is 6.07 Å². The Balaban J connectivity index is 2.04. The molecule has 0 aliphatic heterocycles. The maximum Gasteiger partial charge on any atom is 0.123 e. The number of halogens is 1. The number of thiazole rings is 1. The number of benzene rings is 1. The molecule has 3 heteroatoms. The van der Waals surface area contributed by atoms with Gasteiger partial charge < -0.3 is 0 Å². The van der Waals surface area contributed by atoms with Crippen molar-refractivity contribution in [2.75, 3.05) is 0 Å². The average Bonchev–Trinajstić information content (AvgIpc) is 2.63. The first-order chi connectivity index (χ1) is 7.65. The van der Waals surface area contributed by atoms with Crippen LogP contribution < -0.4 is 0 Å². The van der Waals surface area contributed by atoms with Crippen LogP contribution in [0.4, 0.5) is 4.39 Å². The molecular formula is C13H14FNS. The topological polar surface area (TPSA) is 12.9 Å². The van der Waals surface area contributed by atoms with E-state index in [0.717, 1.165) is 29.1 Å². The van der Waals surface area contributed by atoms with Crippen molar-refractivity contribution in [1.82, 2.24) is 4.98 Å². The van der Waals surface area contributed by atoms with Gasteiger partial charge in [0.05, 0.1) is 10.7 Å². The van der Waals surface area contributed by atoms with Crippen molar-refractivity contribution < 1.29 is 4.39 Å². The molecule has 16 heavy (non-hydrogen) atoms. The molecule has 0 spiro atoms. The Morgan fingerprint density at radius 1 is 1.25 bits per heavy atom. The van der Waals surface area contributed by atoms with E-state index in [4.69, 9.17) is 0 Å². The predicted molar refractivity (Wildman–Crippen MR) is 65.4 cm³/mol. The Labute approximate surface area is 99.0 Å². The van der Waals surface area contributed by atoms with E-state index in [1.807, 2.05) is 19.9 Å². The van der Waals surface area contributed by atoms with Crippen LogP contribution in [0.15, 0.2) is 23.6 Å². The number of aryl methyl sites for hydroxylation is 4. The van der Waals surface area contributed by atoms with Crippen LogP contribution in [0.25, 0.3) is 0 Å². The SMILES string of the molecule is Cc1nc(CCc2ccc(F)cc2C)cs1. The van der Waals surface area contributed by atoms with Gasteiger partial charge in [0.2, 0.25) is 0 Å². The minimum Gasteiger partial charge on any atom is -0.247 e. The van der Waals surface area contributed by atoms with E-state index in [1.54, 1.807) is 17.4 Å². The summed E-state index contributed by atoms with van der Waals surface area (Å²) in [6.07, 6.45) is 1.85. The summed E-state index contributed by atoms with van der Waals surface area (Å²) in [6.45, 7) is 3.96. The van der Waals surface area contributed by atoms with Gasteiger partial charge in [-0.3, -0.25) is 0 Å². The van der Waals surface area contributed by atoms with Gasteiger partial charge in [0.25, 0.3) is 0 Å². The van der Waals surface area contributed by atoms with Crippen molar-refractivity contribution in [1.29, 1.82) is 0 Å². The van der Waals surface area contributed by atoms with Crippen molar-refractivity contribution in [3.8, 4) is 0 Å². The van der Waals surface area contributed by atoms with Crippen LogP contribution in [-0.4, -0.2) is 4.98 Å². The molecule has 0 radical (unpaired) electrons. The smallest absolute Gasteiger partial charge is 0.123 e. The molecule has 0 unspecified atom stereocenters. The normalized spacial score (nSPS) is 10.7. The first kappa shape index (κ1) is 11.3. The van der Waals surface area contributed by atoms with Crippen molar-refractivity contribution >= 4 is 11.3 Å². The number of hydrogen-bond acceptors (Lipinski definition) is 2. The van der Waals surface area contributed by atoms with Crippen LogP contribution in [0.3, 0.4) is 0 Å². The summed E-state index contributed by atoms with van der Waals surface area (Å²) in [5.74, 6) is -0.161. The summed E-state index contributed by atoms with van der Waals surface area (Å²) in [6, 6.07) is 4.97. The maximum atomic E-state index is 12.9. The molecule has 84 valence electrons. The third-order valence-corrected chi connectivity index (χ3v) is 3.44. The Morgan fingerprint density at radius 3 is 2.69 bits per heavy atom. The second-order valence-corrected chi connectivity index (χ2v) is 4.99. The van der Waals surface area contributed by atoms with Crippen LogP contribution in [0.2, 0.25) is 0 Å². The highest BCUT2D eigenvalue weighted by Gasteiger charge is 2.03. The zero-order valence-corrected chi connectivity index (χ0v) is 10.3. The van der Waals surface area contributed by atoms with Crippen molar-refractivity contribution in [3.05, 3.63) is 51.2 Å². The molecule has 0 amide bonds. The molecule has 1 aromatic heterocycles. The lowest BCUT2D eigenvalue weighted by Gasteiger charge is -2.04. The Kier molecular flexibility index (Phi) is 3.34. The lowest BCUT2D eigenvalue weighted by atomic mass is 10.0. The molecule has 0 aliphatic carbocycles. The summed E-state index contributed by atoms with van der Waals surface area (Å²) in [5, 5.41) is 3.19. The van der Waals surface area contributed by atoms with Gasteiger partial charge in [0.1, 0.15) is 5.82 Å². The van der Waals surface area contributed by atoms with Crippen LogP contribution in [0.1, 0.15) is 21.8 Å². The van der Waals surface area contributed by atoms with Gasteiger partial charge in [-0.15, -0.1) is 11.3 Å². The fourth-order valence-corrected chi connectivity index (χ4v) is 2.37. The fraction of sp³-hybridized carbons (Fsp3) is 0.308. The van der Waals surface area contributed by atoms with Gasteiger partial charge in [0, 0.05) is 5.38 Å². The second-order valence-electron chi connectivity index (χ2n) is 3.93. The molecular weight excluding hydrogens is 221 g/mol. The van der Waals surface area contributed by atoms with Crippen LogP contribution in [0.5, 0.6) is 0 Å². The molecule has 2 aromatic rings. The van der Waals surface area contributed by atoms with Gasteiger partial charge in [0.15, 0.2) is 0 Å². The number of hydrogen-bond donors (Lipinski definition) is 0. The highest BCUT2D eigenvalue weighted by molar-refractivity contribution is 7.09. The van der Waals surface area contributed by atoms with Crippen LogP contribution in [-0.2, 0) is 12.8 Å². The molecule has 0 saturated carbocycles. The summed E-state index contributed by atoms with van der Waals surface area (Å²) >= 11 is 1.68. The maximum absolute atomic E-state index is 12.9. The van der Waals surface area contributed by atoms with Crippen LogP contribution in [0, 0.1) is 19.7 Å². The number of nitrogens with zero attached hydrogens (tertiary/aromatic N) is 1. The Hall–Kier alpha value is -1.22. The highest BCUT2D eigenvalue weighted by Crippen LogP contribution is 2.14. The monoisotopic (exact) mass is 235 g/mol. The zero-order valence-electron chi connectivity index (χ0n) is 9.46. The van der Waals surface area contributed by atoms with E-state index >= 15 is 0 Å². The molecule has 0 aliphatic rings. The molecule has 1 nitrogen and oxygen atoms in total. The lowest BCUT2D eigenvalue weighted by Crippen LogP contribution is -1.95. The summed E-state index contributed by atoms with van der Waals surface area (Å²) in [4.78, 5) is 4.42. The van der Waals surface area contributed by atoms with E-state index in [2.05, 4.69) is 10.4 Å². The first-order valence-electron chi connectivity index (χ1n) is 5.31. The molecule has 0 bridgehead atoms. The van der Waals surface area contributed by atoms with E-state index in [-0.39, 0.29) is 5.82 Å². The number of rotatable bonds is 3. The Morgan fingerprint density at radius 2 is 2.06 bits per heavy atom.